The molecule has 0 radical (unpaired) electrons. The number of hydrogen-bond acceptors (Lipinski definition) is 4. The summed E-state index contributed by atoms with van der Waals surface area (Å²) in [6.45, 7) is -1.75. The largest absolute Gasteiger partial charge is 0.402 e. The van der Waals surface area contributed by atoms with Gasteiger partial charge in [0.15, 0.2) is 5.92 Å². The van der Waals surface area contributed by atoms with Crippen LogP contribution in [0.2, 0.25) is 0 Å². The van der Waals surface area contributed by atoms with E-state index >= 15 is 0 Å². The van der Waals surface area contributed by atoms with Crippen molar-refractivity contribution in [3.8, 4) is 0 Å². The number of sulfonamides is 1. The number of aliphatic hydroxyl groups excluding tert-OH is 1. The molecule has 1 atom stereocenters. The Morgan fingerprint density at radius 2 is 1.68 bits per heavy atom. The molecule has 13 heteroatoms. The Labute approximate surface area is 123 Å². The quantitative estimate of drug-likeness (QED) is 0.776. The third-order valence-corrected chi connectivity index (χ3v) is 5.32. The topological polar surface area (TPSA) is 66.4 Å². The van der Waals surface area contributed by atoms with Crippen LogP contribution >= 0.6 is 11.3 Å². The van der Waals surface area contributed by atoms with Gasteiger partial charge in [-0.05, 0) is 0 Å². The van der Waals surface area contributed by atoms with E-state index in [4.69, 9.17) is 5.11 Å². The average molecular weight is 375 g/mol. The first-order valence-corrected chi connectivity index (χ1v) is 7.66. The fourth-order valence-electron chi connectivity index (χ4n) is 1.55. The number of halogens is 7. The van der Waals surface area contributed by atoms with Gasteiger partial charge in [0, 0.05) is 11.4 Å². The first kappa shape index (κ1) is 19.1. The molecule has 1 rings (SSSR count). The Bertz CT molecular complexity index is 593. The van der Waals surface area contributed by atoms with E-state index in [1.54, 1.807) is 0 Å². The Hall–Kier alpha value is -0.920. The van der Waals surface area contributed by atoms with Gasteiger partial charge in [-0.2, -0.15) is 26.3 Å². The predicted octanol–water partition coefficient (Wildman–Crippen LogP) is 2.27. The molecule has 1 heterocycles. The van der Waals surface area contributed by atoms with Gasteiger partial charge in [-0.25, -0.2) is 17.5 Å². The molecule has 1 aromatic heterocycles. The third-order valence-electron chi connectivity index (χ3n) is 2.42. The van der Waals surface area contributed by atoms with Gasteiger partial charge in [0.2, 0.25) is 0 Å². The highest BCUT2D eigenvalue weighted by atomic mass is 32.2. The van der Waals surface area contributed by atoms with Crippen molar-refractivity contribution in [2.24, 2.45) is 5.92 Å². The third kappa shape index (κ3) is 4.54. The molecule has 1 aromatic rings. The molecule has 4 nitrogen and oxygen atoms in total. The SMILES string of the molecule is O=S(=O)(NC(CO)C(C(F)(F)F)C(F)(F)F)c1cc(F)cs1. The van der Waals surface area contributed by atoms with Crippen LogP contribution in [0.3, 0.4) is 0 Å². The summed E-state index contributed by atoms with van der Waals surface area (Å²) >= 11 is 0.266. The zero-order chi connectivity index (χ0) is 17.3. The molecule has 22 heavy (non-hydrogen) atoms. The summed E-state index contributed by atoms with van der Waals surface area (Å²) < 4.78 is 111. The molecular weight excluding hydrogens is 367 g/mol. The lowest BCUT2D eigenvalue weighted by Gasteiger charge is -2.29. The van der Waals surface area contributed by atoms with Crippen LogP contribution in [0.5, 0.6) is 0 Å². The highest BCUT2D eigenvalue weighted by molar-refractivity contribution is 7.91. The molecule has 0 aliphatic rings. The van der Waals surface area contributed by atoms with E-state index in [9.17, 15) is 39.2 Å². The summed E-state index contributed by atoms with van der Waals surface area (Å²) in [6, 6.07) is -2.47. The molecule has 128 valence electrons. The maximum atomic E-state index is 12.7. The lowest BCUT2D eigenvalue weighted by Crippen LogP contribution is -2.54. The molecule has 1 unspecified atom stereocenters. The van der Waals surface area contributed by atoms with Crippen molar-refractivity contribution in [2.45, 2.75) is 22.6 Å². The first-order chi connectivity index (χ1) is 9.79. The van der Waals surface area contributed by atoms with Crippen LogP contribution in [0.4, 0.5) is 30.7 Å². The van der Waals surface area contributed by atoms with Gasteiger partial charge < -0.3 is 5.11 Å². The van der Waals surface area contributed by atoms with E-state index in [2.05, 4.69) is 0 Å². The average Bonchev–Trinajstić information content (AvgIpc) is 2.71. The van der Waals surface area contributed by atoms with Gasteiger partial charge in [-0.1, -0.05) is 0 Å². The zero-order valence-electron chi connectivity index (χ0n) is 10.2. The number of nitrogens with one attached hydrogen (secondary N) is 1. The summed E-state index contributed by atoms with van der Waals surface area (Å²) in [5, 5.41) is 9.44. The minimum absolute atomic E-state index is 0.266. The molecule has 0 aliphatic carbocycles. The van der Waals surface area contributed by atoms with Crippen molar-refractivity contribution in [1.29, 1.82) is 0 Å². The smallest absolute Gasteiger partial charge is 0.395 e. The lowest BCUT2D eigenvalue weighted by molar-refractivity contribution is -0.292. The molecule has 0 saturated carbocycles. The van der Waals surface area contributed by atoms with Gasteiger partial charge in [0.1, 0.15) is 10.0 Å². The van der Waals surface area contributed by atoms with E-state index in [1.807, 2.05) is 0 Å². The highest BCUT2D eigenvalue weighted by Gasteiger charge is 2.60. The second kappa shape index (κ2) is 6.29. The maximum Gasteiger partial charge on any atom is 0.402 e. The summed E-state index contributed by atoms with van der Waals surface area (Å²) in [5.41, 5.74) is 0. The van der Waals surface area contributed by atoms with E-state index < -0.39 is 51.0 Å². The lowest BCUT2D eigenvalue weighted by atomic mass is 10.00. The summed E-state index contributed by atoms with van der Waals surface area (Å²) in [7, 11) is -4.85. The summed E-state index contributed by atoms with van der Waals surface area (Å²) in [4.78, 5) is 0. The van der Waals surface area contributed by atoms with E-state index in [1.165, 1.54) is 0 Å². The Kier molecular flexibility index (Phi) is 5.47. The van der Waals surface area contributed by atoms with Gasteiger partial charge in [0.05, 0.1) is 12.6 Å². The van der Waals surface area contributed by atoms with Gasteiger partial charge in [0.25, 0.3) is 10.0 Å². The fourth-order valence-corrected chi connectivity index (χ4v) is 3.81. The fraction of sp³-hybridized carbons (Fsp3) is 0.556. The van der Waals surface area contributed by atoms with Crippen LogP contribution in [-0.2, 0) is 10.0 Å². The standard InChI is InChI=1S/C9H8F7NO3S2/c10-4-1-6(21-3-4)22(19,20)17-5(2-18)7(8(11,12)13)9(14,15)16/h1,3,5,7,17-18H,2H2. The normalized spacial score (nSPS) is 15.3. The second-order valence-electron chi connectivity index (χ2n) is 4.06. The predicted molar refractivity (Wildman–Crippen MR) is 61.1 cm³/mol. The van der Waals surface area contributed by atoms with Crippen molar-refractivity contribution in [3.63, 3.8) is 0 Å². The second-order valence-corrected chi connectivity index (χ2v) is 6.91. The van der Waals surface area contributed by atoms with Crippen LogP contribution in [0, 0.1) is 11.7 Å². The minimum Gasteiger partial charge on any atom is -0.395 e. The number of aliphatic hydroxyl groups is 1. The molecule has 0 bridgehead atoms. The molecule has 0 saturated heterocycles. The maximum absolute atomic E-state index is 12.7. The Morgan fingerprint density at radius 1 is 1.18 bits per heavy atom. The number of alkyl halides is 6. The Balaban J connectivity index is 3.15. The zero-order valence-corrected chi connectivity index (χ0v) is 11.9. The van der Waals surface area contributed by atoms with Crippen molar-refractivity contribution >= 4 is 21.4 Å². The minimum atomic E-state index is -5.84. The molecule has 0 amide bonds. The monoisotopic (exact) mass is 375 g/mol. The molecule has 2 N–H and O–H groups in total. The van der Waals surface area contributed by atoms with Crippen LogP contribution < -0.4 is 4.72 Å². The number of rotatable bonds is 5. The molecule has 0 aliphatic heterocycles. The van der Waals surface area contributed by atoms with E-state index in [-0.39, 0.29) is 11.3 Å². The summed E-state index contributed by atoms with van der Waals surface area (Å²) in [5.74, 6) is -5.13. The van der Waals surface area contributed by atoms with Crippen molar-refractivity contribution in [1.82, 2.24) is 4.72 Å². The van der Waals surface area contributed by atoms with Crippen LogP contribution in [-0.4, -0.2) is 38.5 Å². The van der Waals surface area contributed by atoms with Crippen molar-refractivity contribution in [2.75, 3.05) is 6.61 Å². The van der Waals surface area contributed by atoms with E-state index in [0.717, 1.165) is 4.72 Å². The van der Waals surface area contributed by atoms with Gasteiger partial charge in [-0.3, -0.25) is 0 Å². The molecule has 0 fully saturated rings. The first-order valence-electron chi connectivity index (χ1n) is 5.29. The number of thiophene rings is 1. The van der Waals surface area contributed by atoms with Gasteiger partial charge >= 0.3 is 12.4 Å². The number of hydrogen-bond donors (Lipinski definition) is 2. The van der Waals surface area contributed by atoms with Gasteiger partial charge in [-0.15, -0.1) is 11.3 Å². The van der Waals surface area contributed by atoms with Crippen LogP contribution in [0.1, 0.15) is 0 Å². The summed E-state index contributed by atoms with van der Waals surface area (Å²) in [6.07, 6.45) is -11.7. The van der Waals surface area contributed by atoms with Crippen molar-refractivity contribution in [3.05, 3.63) is 17.3 Å². The Morgan fingerprint density at radius 3 is 2.00 bits per heavy atom. The molecule has 0 aromatic carbocycles. The van der Waals surface area contributed by atoms with Crippen LogP contribution in [0.15, 0.2) is 15.7 Å². The van der Waals surface area contributed by atoms with E-state index in [0.29, 0.717) is 11.4 Å². The molecule has 0 spiro atoms. The highest BCUT2D eigenvalue weighted by Crippen LogP contribution is 2.41. The molecular formula is C9H8F7NO3S2. The van der Waals surface area contributed by atoms with Crippen LogP contribution in [0.25, 0.3) is 0 Å². The van der Waals surface area contributed by atoms with Crippen molar-refractivity contribution < 1.29 is 44.3 Å².